The minimum absolute atomic E-state index is 0.0221. The molecule has 1 atom stereocenters. The van der Waals surface area contributed by atoms with Crippen molar-refractivity contribution in [3.63, 3.8) is 0 Å². The molecule has 2 amide bonds. The molecule has 0 bridgehead atoms. The normalized spacial score (nSPS) is 36.7. The van der Waals surface area contributed by atoms with E-state index in [9.17, 15) is 9.59 Å². The second-order valence-electron chi connectivity index (χ2n) is 6.53. The van der Waals surface area contributed by atoms with Gasteiger partial charge in [0, 0.05) is 13.0 Å². The summed E-state index contributed by atoms with van der Waals surface area (Å²) in [6.07, 6.45) is 9.56. The van der Waals surface area contributed by atoms with E-state index in [2.05, 4.69) is 12.6 Å². The van der Waals surface area contributed by atoms with Gasteiger partial charge in [0.25, 0.3) is 0 Å². The van der Waals surface area contributed by atoms with Crippen molar-refractivity contribution in [2.24, 2.45) is 17.8 Å². The van der Waals surface area contributed by atoms with Gasteiger partial charge in [0.2, 0.25) is 11.8 Å². The Bertz CT molecular complexity index is 372. The average Bonchev–Trinajstić information content (AvgIpc) is 2.56. The summed E-state index contributed by atoms with van der Waals surface area (Å²) in [6.45, 7) is 0.645. The molecule has 0 aromatic heterocycles. The lowest BCUT2D eigenvalue weighted by atomic mass is 9.68. The SMILES string of the molecule is O=C1CC(S)C(=O)N1CC1CCC(C2CCC2)CC1. The third-order valence-electron chi connectivity index (χ3n) is 5.37. The molecule has 0 N–H and O–H groups in total. The molecule has 1 aliphatic heterocycles. The number of nitrogens with zero attached hydrogens (tertiary/aromatic N) is 1. The zero-order chi connectivity index (χ0) is 13.4. The first-order valence-electron chi connectivity index (χ1n) is 7.67. The van der Waals surface area contributed by atoms with Crippen molar-refractivity contribution in [3.8, 4) is 0 Å². The van der Waals surface area contributed by atoms with Gasteiger partial charge in [-0.3, -0.25) is 14.5 Å². The molecule has 1 unspecified atom stereocenters. The fourth-order valence-corrected chi connectivity index (χ4v) is 4.16. The number of imide groups is 1. The van der Waals surface area contributed by atoms with Crippen molar-refractivity contribution in [2.75, 3.05) is 6.54 Å². The fourth-order valence-electron chi connectivity index (χ4n) is 3.87. The van der Waals surface area contributed by atoms with E-state index in [0.717, 1.165) is 11.8 Å². The number of carbonyl (C=O) groups is 2. The van der Waals surface area contributed by atoms with E-state index in [1.54, 1.807) is 0 Å². The highest BCUT2D eigenvalue weighted by Gasteiger charge is 2.38. The van der Waals surface area contributed by atoms with Crippen molar-refractivity contribution in [1.82, 2.24) is 4.90 Å². The van der Waals surface area contributed by atoms with Crippen LogP contribution < -0.4 is 0 Å². The predicted molar refractivity (Wildman–Crippen MR) is 76.9 cm³/mol. The standard InChI is InChI=1S/C15H23NO2S/c17-14-8-13(19)15(18)16(14)9-10-4-6-12(7-5-10)11-2-1-3-11/h10-13,19H,1-9H2. The number of amides is 2. The smallest absolute Gasteiger partial charge is 0.242 e. The van der Waals surface area contributed by atoms with Crippen LogP contribution in [-0.4, -0.2) is 28.5 Å². The van der Waals surface area contributed by atoms with Crippen LogP contribution in [0.4, 0.5) is 0 Å². The third-order valence-corrected chi connectivity index (χ3v) is 5.77. The Balaban J connectivity index is 1.49. The van der Waals surface area contributed by atoms with Gasteiger partial charge in [-0.1, -0.05) is 19.3 Å². The Morgan fingerprint density at radius 2 is 1.63 bits per heavy atom. The lowest BCUT2D eigenvalue weighted by Gasteiger charge is -2.39. The van der Waals surface area contributed by atoms with Crippen LogP contribution in [0.5, 0.6) is 0 Å². The minimum Gasteiger partial charge on any atom is -0.281 e. The molecular weight excluding hydrogens is 258 g/mol. The molecule has 0 aromatic rings. The zero-order valence-electron chi connectivity index (χ0n) is 11.4. The molecule has 2 saturated carbocycles. The van der Waals surface area contributed by atoms with Gasteiger partial charge in [0.15, 0.2) is 0 Å². The maximum Gasteiger partial charge on any atom is 0.242 e. The highest BCUT2D eigenvalue weighted by molar-refractivity contribution is 7.81. The Kier molecular flexibility index (Phi) is 3.88. The van der Waals surface area contributed by atoms with E-state index in [4.69, 9.17) is 0 Å². The van der Waals surface area contributed by atoms with E-state index in [1.807, 2.05) is 0 Å². The summed E-state index contributed by atoms with van der Waals surface area (Å²) in [6, 6.07) is 0. The molecule has 106 valence electrons. The monoisotopic (exact) mass is 281 g/mol. The van der Waals surface area contributed by atoms with E-state index >= 15 is 0 Å². The molecule has 3 fully saturated rings. The summed E-state index contributed by atoms with van der Waals surface area (Å²) in [5, 5.41) is -0.390. The highest BCUT2D eigenvalue weighted by atomic mass is 32.1. The number of carbonyl (C=O) groups excluding carboxylic acids is 2. The minimum atomic E-state index is -0.390. The molecule has 3 aliphatic rings. The summed E-state index contributed by atoms with van der Waals surface area (Å²) in [4.78, 5) is 25.1. The van der Waals surface area contributed by atoms with E-state index < -0.39 is 0 Å². The predicted octanol–water partition coefficient (Wildman–Crippen LogP) is 2.65. The molecule has 0 radical (unpaired) electrons. The quantitative estimate of drug-likeness (QED) is 0.638. The summed E-state index contributed by atoms with van der Waals surface area (Å²) in [5.41, 5.74) is 0. The number of likely N-dealkylation sites (tertiary alicyclic amines) is 1. The maximum absolute atomic E-state index is 11.8. The van der Waals surface area contributed by atoms with Crippen LogP contribution in [0, 0.1) is 17.8 Å². The molecule has 0 aromatic carbocycles. The van der Waals surface area contributed by atoms with Crippen LogP contribution in [-0.2, 0) is 9.59 Å². The number of hydrogen-bond donors (Lipinski definition) is 1. The van der Waals surface area contributed by atoms with Crippen LogP contribution in [0.1, 0.15) is 51.4 Å². The largest absolute Gasteiger partial charge is 0.281 e. The molecule has 3 nitrogen and oxygen atoms in total. The van der Waals surface area contributed by atoms with Crippen molar-refractivity contribution in [3.05, 3.63) is 0 Å². The van der Waals surface area contributed by atoms with Crippen LogP contribution >= 0.6 is 12.6 Å². The molecule has 0 spiro atoms. The first-order chi connectivity index (χ1) is 9.15. The highest BCUT2D eigenvalue weighted by Crippen LogP contribution is 2.42. The van der Waals surface area contributed by atoms with Gasteiger partial charge >= 0.3 is 0 Å². The Morgan fingerprint density at radius 1 is 1.00 bits per heavy atom. The molecular formula is C15H23NO2S. The van der Waals surface area contributed by atoms with Gasteiger partial charge in [-0.2, -0.15) is 12.6 Å². The Morgan fingerprint density at radius 3 is 2.11 bits per heavy atom. The van der Waals surface area contributed by atoms with E-state index in [-0.39, 0.29) is 17.1 Å². The molecule has 3 rings (SSSR count). The van der Waals surface area contributed by atoms with Gasteiger partial charge in [-0.15, -0.1) is 0 Å². The van der Waals surface area contributed by atoms with Gasteiger partial charge in [-0.25, -0.2) is 0 Å². The third kappa shape index (κ3) is 2.69. The van der Waals surface area contributed by atoms with Gasteiger partial charge in [-0.05, 0) is 43.4 Å². The average molecular weight is 281 g/mol. The van der Waals surface area contributed by atoms with Crippen molar-refractivity contribution >= 4 is 24.4 Å². The summed E-state index contributed by atoms with van der Waals surface area (Å²) in [5.74, 6) is 2.34. The maximum atomic E-state index is 11.8. The lowest BCUT2D eigenvalue weighted by Crippen LogP contribution is -2.37. The summed E-state index contributed by atoms with van der Waals surface area (Å²) < 4.78 is 0. The van der Waals surface area contributed by atoms with Crippen LogP contribution in [0.2, 0.25) is 0 Å². The van der Waals surface area contributed by atoms with Gasteiger partial charge in [0.05, 0.1) is 5.25 Å². The van der Waals surface area contributed by atoms with Crippen molar-refractivity contribution in [2.45, 2.75) is 56.6 Å². The molecule has 1 saturated heterocycles. The van der Waals surface area contributed by atoms with Crippen LogP contribution in [0.25, 0.3) is 0 Å². The number of rotatable bonds is 3. The Hall–Kier alpha value is -0.510. The molecule has 2 aliphatic carbocycles. The van der Waals surface area contributed by atoms with Crippen molar-refractivity contribution < 1.29 is 9.59 Å². The second-order valence-corrected chi connectivity index (χ2v) is 7.16. The van der Waals surface area contributed by atoms with Crippen LogP contribution in [0.3, 0.4) is 0 Å². The lowest BCUT2D eigenvalue weighted by molar-refractivity contribution is -0.139. The molecule has 4 heteroatoms. The van der Waals surface area contributed by atoms with Crippen LogP contribution in [0.15, 0.2) is 0 Å². The van der Waals surface area contributed by atoms with Gasteiger partial charge < -0.3 is 0 Å². The zero-order valence-corrected chi connectivity index (χ0v) is 12.3. The molecule has 19 heavy (non-hydrogen) atoms. The van der Waals surface area contributed by atoms with Gasteiger partial charge in [0.1, 0.15) is 0 Å². The molecule has 1 heterocycles. The number of thiol groups is 1. The second kappa shape index (κ2) is 5.47. The van der Waals surface area contributed by atoms with Crippen molar-refractivity contribution in [1.29, 1.82) is 0 Å². The topological polar surface area (TPSA) is 37.4 Å². The first kappa shape index (κ1) is 13.5. The Labute approximate surface area is 120 Å². The number of hydrogen-bond acceptors (Lipinski definition) is 3. The first-order valence-corrected chi connectivity index (χ1v) is 8.19. The van der Waals surface area contributed by atoms with E-state index in [1.165, 1.54) is 49.8 Å². The summed E-state index contributed by atoms with van der Waals surface area (Å²) in [7, 11) is 0. The fraction of sp³-hybridized carbons (Fsp3) is 0.867. The summed E-state index contributed by atoms with van der Waals surface area (Å²) >= 11 is 4.17. The van der Waals surface area contributed by atoms with E-state index in [0.29, 0.717) is 18.9 Å².